The van der Waals surface area contributed by atoms with Gasteiger partial charge in [0.2, 0.25) is 0 Å². The molecule has 0 aromatic heterocycles. The molecule has 4 atom stereocenters. The molecule has 0 amide bonds. The molecule has 28 heavy (non-hydrogen) atoms. The third kappa shape index (κ3) is 5.99. The van der Waals surface area contributed by atoms with Gasteiger partial charge in [-0.3, -0.25) is 0 Å². The molecule has 0 spiro atoms. The van der Waals surface area contributed by atoms with Gasteiger partial charge < -0.3 is 10.2 Å². The SMILES string of the molecule is CCCC(C)CC(CCCC1C(C)c2cc(C)ccc2N1C(C)C)CNCC. The Kier molecular flexibility index (Phi) is 9.34. The minimum atomic E-state index is 0.568. The van der Waals surface area contributed by atoms with Crippen molar-refractivity contribution < 1.29 is 0 Å². The second kappa shape index (κ2) is 11.2. The number of nitrogens with one attached hydrogen (secondary N) is 1. The lowest BCUT2D eigenvalue weighted by Crippen LogP contribution is -2.39. The molecular formula is C26H46N2. The van der Waals surface area contributed by atoms with E-state index in [-0.39, 0.29) is 0 Å². The monoisotopic (exact) mass is 386 g/mol. The molecule has 1 aliphatic heterocycles. The average Bonchev–Trinajstić information content (AvgIpc) is 2.91. The largest absolute Gasteiger partial charge is 0.365 e. The minimum absolute atomic E-state index is 0.568. The normalized spacial score (nSPS) is 21.2. The smallest absolute Gasteiger partial charge is 0.0407 e. The highest BCUT2D eigenvalue weighted by atomic mass is 15.2. The van der Waals surface area contributed by atoms with E-state index in [4.69, 9.17) is 0 Å². The van der Waals surface area contributed by atoms with Gasteiger partial charge in [0, 0.05) is 23.7 Å². The number of fused-ring (bicyclic) bond motifs is 1. The second-order valence-electron chi connectivity index (χ2n) is 9.65. The summed E-state index contributed by atoms with van der Waals surface area (Å²) < 4.78 is 0. The number of hydrogen-bond acceptors (Lipinski definition) is 2. The number of aryl methyl sites for hydroxylation is 1. The van der Waals surface area contributed by atoms with Gasteiger partial charge in [0.1, 0.15) is 0 Å². The molecule has 1 heterocycles. The number of nitrogens with zero attached hydrogens (tertiary/aromatic N) is 1. The zero-order valence-electron chi connectivity index (χ0n) is 19.7. The Labute approximate surface area is 175 Å². The van der Waals surface area contributed by atoms with Gasteiger partial charge in [0.25, 0.3) is 0 Å². The van der Waals surface area contributed by atoms with Crippen molar-refractivity contribution in [2.45, 2.75) is 105 Å². The van der Waals surface area contributed by atoms with Crippen LogP contribution >= 0.6 is 0 Å². The van der Waals surface area contributed by atoms with Crippen LogP contribution in [0.2, 0.25) is 0 Å². The Hall–Kier alpha value is -1.02. The Morgan fingerprint density at radius 3 is 2.50 bits per heavy atom. The maximum atomic E-state index is 3.62. The standard InChI is InChI=1S/C26H46N2/c1-8-11-20(5)16-23(18-27-9-2)12-10-13-25-22(7)24-17-21(6)14-15-26(24)28(25)19(3)4/h14-15,17,19-20,22-23,25,27H,8-13,16,18H2,1-7H3. The number of anilines is 1. The maximum Gasteiger partial charge on any atom is 0.0407 e. The lowest BCUT2D eigenvalue weighted by atomic mass is 9.87. The van der Waals surface area contributed by atoms with E-state index in [2.05, 4.69) is 76.9 Å². The van der Waals surface area contributed by atoms with E-state index in [0.29, 0.717) is 18.0 Å². The molecule has 1 aliphatic rings. The molecule has 2 nitrogen and oxygen atoms in total. The van der Waals surface area contributed by atoms with Crippen molar-refractivity contribution in [3.8, 4) is 0 Å². The molecule has 0 bridgehead atoms. The Balaban J connectivity index is 1.99. The van der Waals surface area contributed by atoms with E-state index >= 15 is 0 Å². The van der Waals surface area contributed by atoms with Crippen LogP contribution in [0.5, 0.6) is 0 Å². The first-order chi connectivity index (χ1) is 13.4. The molecule has 0 saturated carbocycles. The summed E-state index contributed by atoms with van der Waals surface area (Å²) in [7, 11) is 0. The van der Waals surface area contributed by atoms with E-state index in [9.17, 15) is 0 Å². The van der Waals surface area contributed by atoms with E-state index < -0.39 is 0 Å². The molecule has 2 heteroatoms. The van der Waals surface area contributed by atoms with Crippen LogP contribution in [0.4, 0.5) is 5.69 Å². The lowest BCUT2D eigenvalue weighted by Gasteiger charge is -2.33. The molecule has 1 aromatic carbocycles. The van der Waals surface area contributed by atoms with E-state index in [1.807, 2.05) is 0 Å². The molecule has 1 aromatic rings. The fourth-order valence-corrected chi connectivity index (χ4v) is 5.40. The Morgan fingerprint density at radius 1 is 1.11 bits per heavy atom. The van der Waals surface area contributed by atoms with Crippen molar-refractivity contribution in [1.29, 1.82) is 0 Å². The zero-order chi connectivity index (χ0) is 20.7. The summed E-state index contributed by atoms with van der Waals surface area (Å²) in [6, 6.07) is 8.30. The van der Waals surface area contributed by atoms with Crippen LogP contribution in [0.25, 0.3) is 0 Å². The van der Waals surface area contributed by atoms with Gasteiger partial charge >= 0.3 is 0 Å². The van der Waals surface area contributed by atoms with Crippen LogP contribution < -0.4 is 10.2 Å². The van der Waals surface area contributed by atoms with Crippen molar-refractivity contribution in [1.82, 2.24) is 5.32 Å². The van der Waals surface area contributed by atoms with Gasteiger partial charge in [-0.05, 0) is 76.6 Å². The molecule has 4 unspecified atom stereocenters. The van der Waals surface area contributed by atoms with Crippen molar-refractivity contribution in [3.63, 3.8) is 0 Å². The van der Waals surface area contributed by atoms with Gasteiger partial charge in [0.05, 0.1) is 0 Å². The maximum absolute atomic E-state index is 3.62. The zero-order valence-corrected chi connectivity index (χ0v) is 19.7. The third-order valence-electron chi connectivity index (χ3n) is 6.76. The topological polar surface area (TPSA) is 15.3 Å². The highest BCUT2D eigenvalue weighted by Gasteiger charge is 2.36. The summed E-state index contributed by atoms with van der Waals surface area (Å²) in [4.78, 5) is 2.71. The first kappa shape index (κ1) is 23.3. The van der Waals surface area contributed by atoms with E-state index in [1.165, 1.54) is 56.3 Å². The molecule has 0 radical (unpaired) electrons. The van der Waals surface area contributed by atoms with Gasteiger partial charge in [-0.15, -0.1) is 0 Å². The lowest BCUT2D eigenvalue weighted by molar-refractivity contribution is 0.326. The summed E-state index contributed by atoms with van der Waals surface area (Å²) in [6.07, 6.45) is 8.10. The number of rotatable bonds is 12. The number of benzene rings is 1. The van der Waals surface area contributed by atoms with Gasteiger partial charge in [0.15, 0.2) is 0 Å². The molecule has 2 rings (SSSR count). The predicted molar refractivity (Wildman–Crippen MR) is 126 cm³/mol. The first-order valence-corrected chi connectivity index (χ1v) is 12.0. The fourth-order valence-electron chi connectivity index (χ4n) is 5.40. The van der Waals surface area contributed by atoms with Gasteiger partial charge in [-0.2, -0.15) is 0 Å². The van der Waals surface area contributed by atoms with Crippen molar-refractivity contribution >= 4 is 5.69 Å². The quantitative estimate of drug-likeness (QED) is 0.419. The first-order valence-electron chi connectivity index (χ1n) is 12.0. The highest BCUT2D eigenvalue weighted by molar-refractivity contribution is 5.63. The second-order valence-corrected chi connectivity index (χ2v) is 9.65. The van der Waals surface area contributed by atoms with Gasteiger partial charge in [-0.1, -0.05) is 64.7 Å². The molecule has 0 saturated heterocycles. The summed E-state index contributed by atoms with van der Waals surface area (Å²) in [5.74, 6) is 2.33. The van der Waals surface area contributed by atoms with Crippen molar-refractivity contribution in [2.24, 2.45) is 11.8 Å². The summed E-state index contributed by atoms with van der Waals surface area (Å²) in [6.45, 7) is 18.7. The summed E-state index contributed by atoms with van der Waals surface area (Å²) in [5.41, 5.74) is 4.45. The van der Waals surface area contributed by atoms with Crippen LogP contribution in [0.3, 0.4) is 0 Å². The van der Waals surface area contributed by atoms with Crippen LogP contribution in [-0.4, -0.2) is 25.2 Å². The van der Waals surface area contributed by atoms with Crippen molar-refractivity contribution in [2.75, 3.05) is 18.0 Å². The fraction of sp³-hybridized carbons (Fsp3) is 0.769. The molecule has 160 valence electrons. The van der Waals surface area contributed by atoms with E-state index in [0.717, 1.165) is 18.4 Å². The molecular weight excluding hydrogens is 340 g/mol. The van der Waals surface area contributed by atoms with Crippen LogP contribution in [-0.2, 0) is 0 Å². The van der Waals surface area contributed by atoms with Crippen LogP contribution in [0.1, 0.15) is 97.1 Å². The van der Waals surface area contributed by atoms with Crippen LogP contribution in [0, 0.1) is 18.8 Å². The molecule has 0 aliphatic carbocycles. The van der Waals surface area contributed by atoms with Gasteiger partial charge in [-0.25, -0.2) is 0 Å². The van der Waals surface area contributed by atoms with Crippen LogP contribution in [0.15, 0.2) is 18.2 Å². The highest BCUT2D eigenvalue weighted by Crippen LogP contribution is 2.44. The Morgan fingerprint density at radius 2 is 1.86 bits per heavy atom. The Bertz CT molecular complexity index is 580. The predicted octanol–water partition coefficient (Wildman–Crippen LogP) is 6.92. The number of hydrogen-bond donors (Lipinski definition) is 1. The summed E-state index contributed by atoms with van der Waals surface area (Å²) in [5, 5.41) is 3.62. The average molecular weight is 387 g/mol. The molecule has 1 N–H and O–H groups in total. The molecule has 0 fully saturated rings. The summed E-state index contributed by atoms with van der Waals surface area (Å²) >= 11 is 0. The van der Waals surface area contributed by atoms with Crippen molar-refractivity contribution in [3.05, 3.63) is 29.3 Å². The van der Waals surface area contributed by atoms with E-state index in [1.54, 1.807) is 5.56 Å². The minimum Gasteiger partial charge on any atom is -0.365 e. The third-order valence-corrected chi connectivity index (χ3v) is 6.76.